The first-order valence-corrected chi connectivity index (χ1v) is 8.35. The van der Waals surface area contributed by atoms with Crippen LogP contribution in [0.1, 0.15) is 24.9 Å². The third-order valence-corrected chi connectivity index (χ3v) is 4.17. The van der Waals surface area contributed by atoms with Gasteiger partial charge in [0.25, 0.3) is 5.56 Å². The van der Waals surface area contributed by atoms with Crippen molar-refractivity contribution in [3.05, 3.63) is 77.1 Å². The SMILES string of the molecule is CCC(c1ccccc1)n1cc(Oc2nc3cnccc3c(=O)[nH]2)cn1. The van der Waals surface area contributed by atoms with E-state index in [1.54, 1.807) is 24.7 Å². The van der Waals surface area contributed by atoms with Crippen LogP contribution < -0.4 is 10.3 Å². The molecule has 4 rings (SSSR count). The number of benzene rings is 1. The van der Waals surface area contributed by atoms with Gasteiger partial charge >= 0.3 is 6.01 Å². The largest absolute Gasteiger partial charge is 0.422 e. The molecule has 0 aliphatic rings. The zero-order valence-corrected chi connectivity index (χ0v) is 14.2. The summed E-state index contributed by atoms with van der Waals surface area (Å²) >= 11 is 0. The Hall–Kier alpha value is -3.48. The number of hydrogen-bond donors (Lipinski definition) is 1. The van der Waals surface area contributed by atoms with Crippen molar-refractivity contribution in [2.45, 2.75) is 19.4 Å². The van der Waals surface area contributed by atoms with E-state index in [0.717, 1.165) is 6.42 Å². The van der Waals surface area contributed by atoms with Gasteiger partial charge in [-0.15, -0.1) is 0 Å². The minimum absolute atomic E-state index is 0.112. The minimum Gasteiger partial charge on any atom is -0.422 e. The van der Waals surface area contributed by atoms with Gasteiger partial charge < -0.3 is 4.74 Å². The molecule has 0 saturated heterocycles. The van der Waals surface area contributed by atoms with E-state index < -0.39 is 0 Å². The second-order valence-electron chi connectivity index (χ2n) is 5.86. The van der Waals surface area contributed by atoms with Crippen LogP contribution in [0.25, 0.3) is 10.9 Å². The molecule has 0 aliphatic heterocycles. The summed E-state index contributed by atoms with van der Waals surface area (Å²) in [7, 11) is 0. The topological polar surface area (TPSA) is 85.7 Å². The molecule has 0 radical (unpaired) electrons. The molecule has 0 fully saturated rings. The predicted molar refractivity (Wildman–Crippen MR) is 97.3 cm³/mol. The Labute approximate surface area is 149 Å². The third kappa shape index (κ3) is 3.06. The van der Waals surface area contributed by atoms with Crippen molar-refractivity contribution < 1.29 is 4.74 Å². The summed E-state index contributed by atoms with van der Waals surface area (Å²) < 4.78 is 7.55. The van der Waals surface area contributed by atoms with Gasteiger partial charge in [-0.3, -0.25) is 19.4 Å². The predicted octanol–water partition coefficient (Wildman–Crippen LogP) is 3.31. The van der Waals surface area contributed by atoms with E-state index in [9.17, 15) is 4.79 Å². The Kier molecular flexibility index (Phi) is 4.18. The molecule has 0 aliphatic carbocycles. The van der Waals surface area contributed by atoms with E-state index in [1.807, 2.05) is 22.9 Å². The summed E-state index contributed by atoms with van der Waals surface area (Å²) in [6.45, 7) is 2.11. The van der Waals surface area contributed by atoms with Gasteiger partial charge in [-0.25, -0.2) is 0 Å². The zero-order valence-electron chi connectivity index (χ0n) is 14.2. The van der Waals surface area contributed by atoms with E-state index in [-0.39, 0.29) is 17.6 Å². The molecule has 0 bridgehead atoms. The normalized spacial score (nSPS) is 12.2. The van der Waals surface area contributed by atoms with Crippen molar-refractivity contribution in [2.75, 3.05) is 0 Å². The van der Waals surface area contributed by atoms with Crippen LogP contribution >= 0.6 is 0 Å². The van der Waals surface area contributed by atoms with Crippen molar-refractivity contribution in [2.24, 2.45) is 0 Å². The monoisotopic (exact) mass is 347 g/mol. The second-order valence-corrected chi connectivity index (χ2v) is 5.86. The van der Waals surface area contributed by atoms with E-state index in [0.29, 0.717) is 16.7 Å². The van der Waals surface area contributed by atoms with Gasteiger partial charge in [0, 0.05) is 6.20 Å². The molecule has 1 atom stereocenters. The third-order valence-electron chi connectivity index (χ3n) is 4.17. The molecule has 3 heterocycles. The maximum Gasteiger partial charge on any atom is 0.302 e. The van der Waals surface area contributed by atoms with Crippen molar-refractivity contribution in [1.29, 1.82) is 0 Å². The van der Waals surface area contributed by atoms with E-state index >= 15 is 0 Å². The summed E-state index contributed by atoms with van der Waals surface area (Å²) in [5.41, 5.74) is 1.39. The number of pyridine rings is 1. The molecular formula is C19H17N5O2. The lowest BCUT2D eigenvalue weighted by Gasteiger charge is -2.15. The number of rotatable bonds is 5. The Morgan fingerprint density at radius 1 is 1.19 bits per heavy atom. The number of aromatic amines is 1. The molecule has 4 aromatic rings. The second kappa shape index (κ2) is 6.79. The van der Waals surface area contributed by atoms with Crippen LogP contribution in [0.15, 0.2) is 66.0 Å². The molecule has 1 unspecified atom stereocenters. The average molecular weight is 347 g/mol. The average Bonchev–Trinajstić information content (AvgIpc) is 3.11. The quantitative estimate of drug-likeness (QED) is 0.598. The van der Waals surface area contributed by atoms with Crippen LogP contribution in [0.4, 0.5) is 0 Å². The fourth-order valence-electron chi connectivity index (χ4n) is 2.92. The van der Waals surface area contributed by atoms with Gasteiger partial charge in [0.15, 0.2) is 5.75 Å². The summed E-state index contributed by atoms with van der Waals surface area (Å²) in [4.78, 5) is 23.0. The first-order valence-electron chi connectivity index (χ1n) is 8.35. The number of aromatic nitrogens is 5. The highest BCUT2D eigenvalue weighted by Gasteiger charge is 2.14. The summed E-state index contributed by atoms with van der Waals surface area (Å²) in [6.07, 6.45) is 7.39. The molecule has 7 nitrogen and oxygen atoms in total. The Balaban J connectivity index is 1.62. The van der Waals surface area contributed by atoms with E-state index in [2.05, 4.69) is 39.1 Å². The summed E-state index contributed by atoms with van der Waals surface area (Å²) in [6, 6.07) is 12.0. The van der Waals surface area contributed by atoms with Gasteiger partial charge in [0.2, 0.25) is 0 Å². The standard InChI is InChI=1S/C19H17N5O2/c1-2-17(13-6-4-3-5-7-13)24-12-14(10-21-24)26-19-22-16-11-20-9-8-15(16)18(25)23-19/h3-12,17H,2H2,1H3,(H,22,23,25). The molecule has 3 aromatic heterocycles. The van der Waals surface area contributed by atoms with Crippen molar-refractivity contribution in [3.8, 4) is 11.8 Å². The zero-order chi connectivity index (χ0) is 17.9. The lowest BCUT2D eigenvalue weighted by molar-refractivity contribution is 0.439. The Morgan fingerprint density at radius 2 is 2.04 bits per heavy atom. The summed E-state index contributed by atoms with van der Waals surface area (Å²) in [5, 5.41) is 4.87. The highest BCUT2D eigenvalue weighted by Crippen LogP contribution is 2.24. The van der Waals surface area contributed by atoms with Crippen LogP contribution in [0.2, 0.25) is 0 Å². The van der Waals surface area contributed by atoms with Gasteiger partial charge in [-0.2, -0.15) is 10.1 Å². The molecule has 0 spiro atoms. The van der Waals surface area contributed by atoms with Crippen LogP contribution in [-0.4, -0.2) is 24.7 Å². The minimum atomic E-state index is -0.268. The van der Waals surface area contributed by atoms with Crippen molar-refractivity contribution in [1.82, 2.24) is 24.7 Å². The maximum absolute atomic E-state index is 12.1. The van der Waals surface area contributed by atoms with Gasteiger partial charge in [-0.05, 0) is 18.1 Å². The van der Waals surface area contributed by atoms with E-state index in [4.69, 9.17) is 4.74 Å². The number of fused-ring (bicyclic) bond motifs is 1. The van der Waals surface area contributed by atoms with Crippen LogP contribution in [0.5, 0.6) is 11.8 Å². The highest BCUT2D eigenvalue weighted by molar-refractivity contribution is 5.76. The number of nitrogens with zero attached hydrogens (tertiary/aromatic N) is 4. The fraction of sp³-hybridized carbons (Fsp3) is 0.158. The van der Waals surface area contributed by atoms with Crippen molar-refractivity contribution >= 4 is 10.9 Å². The van der Waals surface area contributed by atoms with Crippen LogP contribution in [0, 0.1) is 0 Å². The number of nitrogens with one attached hydrogen (secondary N) is 1. The highest BCUT2D eigenvalue weighted by atomic mass is 16.5. The smallest absolute Gasteiger partial charge is 0.302 e. The Morgan fingerprint density at radius 3 is 2.85 bits per heavy atom. The number of hydrogen-bond acceptors (Lipinski definition) is 5. The van der Waals surface area contributed by atoms with E-state index in [1.165, 1.54) is 11.8 Å². The van der Waals surface area contributed by atoms with Crippen LogP contribution in [-0.2, 0) is 0 Å². The van der Waals surface area contributed by atoms with Crippen molar-refractivity contribution in [3.63, 3.8) is 0 Å². The molecule has 1 N–H and O–H groups in total. The van der Waals surface area contributed by atoms with Gasteiger partial charge in [-0.1, -0.05) is 37.3 Å². The first kappa shape index (κ1) is 16.0. The molecule has 0 saturated carbocycles. The molecule has 7 heteroatoms. The lowest BCUT2D eigenvalue weighted by atomic mass is 10.1. The van der Waals surface area contributed by atoms with Gasteiger partial charge in [0.05, 0.1) is 35.5 Å². The first-order chi connectivity index (χ1) is 12.7. The fourth-order valence-corrected chi connectivity index (χ4v) is 2.92. The van der Waals surface area contributed by atoms with Gasteiger partial charge in [0.1, 0.15) is 0 Å². The van der Waals surface area contributed by atoms with Crippen LogP contribution in [0.3, 0.4) is 0 Å². The molecule has 1 aromatic carbocycles. The molecular weight excluding hydrogens is 330 g/mol. The summed E-state index contributed by atoms with van der Waals surface area (Å²) in [5.74, 6) is 0.505. The molecule has 26 heavy (non-hydrogen) atoms. The molecule has 130 valence electrons. The number of H-pyrrole nitrogens is 1. The number of ether oxygens (including phenoxy) is 1. The lowest BCUT2D eigenvalue weighted by Crippen LogP contribution is -2.10. The maximum atomic E-state index is 12.1. The molecule has 0 amide bonds. The Bertz CT molecular complexity index is 1090.